The van der Waals surface area contributed by atoms with Gasteiger partial charge < -0.3 is 9.47 Å². The molecule has 0 spiro atoms. The van der Waals surface area contributed by atoms with E-state index in [0.29, 0.717) is 5.75 Å². The standard InChI is InChI=1S/C19H15Br2NO3/c20-14-8-9-18(16(21)12-14)24-10-11-25-19(23)22-17-7-3-5-13-4-1-2-6-15(13)17/h1-9,12H,10-11H2,(H,22,23). The van der Waals surface area contributed by atoms with Crippen LogP contribution in [0.1, 0.15) is 0 Å². The Balaban J connectivity index is 1.51. The lowest BCUT2D eigenvalue weighted by Gasteiger charge is -2.11. The molecule has 0 saturated carbocycles. The number of fused-ring (bicyclic) bond motifs is 1. The summed E-state index contributed by atoms with van der Waals surface area (Å²) in [6, 6.07) is 19.2. The van der Waals surface area contributed by atoms with E-state index < -0.39 is 6.09 Å². The van der Waals surface area contributed by atoms with E-state index in [0.717, 1.165) is 25.4 Å². The number of ether oxygens (including phenoxy) is 2. The molecule has 0 aliphatic heterocycles. The van der Waals surface area contributed by atoms with Gasteiger partial charge in [-0.1, -0.05) is 52.3 Å². The monoisotopic (exact) mass is 463 g/mol. The molecular formula is C19H15Br2NO3. The van der Waals surface area contributed by atoms with Crippen molar-refractivity contribution in [1.82, 2.24) is 0 Å². The zero-order valence-electron chi connectivity index (χ0n) is 13.2. The normalized spacial score (nSPS) is 10.5. The predicted molar refractivity (Wildman–Crippen MR) is 106 cm³/mol. The number of benzene rings is 3. The predicted octanol–water partition coefficient (Wildman–Crippen LogP) is 5.99. The highest BCUT2D eigenvalue weighted by Crippen LogP contribution is 2.28. The Morgan fingerprint density at radius 2 is 1.76 bits per heavy atom. The van der Waals surface area contributed by atoms with Crippen molar-refractivity contribution in [1.29, 1.82) is 0 Å². The molecule has 0 aliphatic rings. The molecular weight excluding hydrogens is 450 g/mol. The van der Waals surface area contributed by atoms with E-state index in [1.165, 1.54) is 0 Å². The van der Waals surface area contributed by atoms with Crippen LogP contribution < -0.4 is 10.1 Å². The van der Waals surface area contributed by atoms with Gasteiger partial charge in [-0.2, -0.15) is 0 Å². The number of hydrogen-bond acceptors (Lipinski definition) is 3. The largest absolute Gasteiger partial charge is 0.489 e. The van der Waals surface area contributed by atoms with Gasteiger partial charge in [0.15, 0.2) is 0 Å². The molecule has 128 valence electrons. The lowest BCUT2D eigenvalue weighted by atomic mass is 10.1. The lowest BCUT2D eigenvalue weighted by molar-refractivity contribution is 0.137. The van der Waals surface area contributed by atoms with Gasteiger partial charge in [0.05, 0.1) is 10.2 Å². The Morgan fingerprint density at radius 1 is 0.960 bits per heavy atom. The summed E-state index contributed by atoms with van der Waals surface area (Å²) < 4.78 is 12.6. The van der Waals surface area contributed by atoms with Gasteiger partial charge in [-0.25, -0.2) is 4.79 Å². The second-order valence-corrected chi connectivity index (χ2v) is 6.98. The number of anilines is 1. The molecule has 3 rings (SSSR count). The molecule has 1 amide bonds. The van der Waals surface area contributed by atoms with Crippen molar-refractivity contribution < 1.29 is 14.3 Å². The van der Waals surface area contributed by atoms with Crippen LogP contribution in [-0.4, -0.2) is 19.3 Å². The molecule has 0 unspecified atom stereocenters. The lowest BCUT2D eigenvalue weighted by Crippen LogP contribution is -2.17. The van der Waals surface area contributed by atoms with Crippen LogP contribution in [0.3, 0.4) is 0 Å². The molecule has 0 aromatic heterocycles. The van der Waals surface area contributed by atoms with Gasteiger partial charge in [0.25, 0.3) is 0 Å². The number of carbonyl (C=O) groups is 1. The van der Waals surface area contributed by atoms with Gasteiger partial charge in [-0.3, -0.25) is 5.32 Å². The van der Waals surface area contributed by atoms with E-state index >= 15 is 0 Å². The summed E-state index contributed by atoms with van der Waals surface area (Å²) in [5.41, 5.74) is 0.722. The molecule has 3 aromatic carbocycles. The molecule has 0 heterocycles. The summed E-state index contributed by atoms with van der Waals surface area (Å²) in [6.45, 7) is 0.419. The highest BCUT2D eigenvalue weighted by atomic mass is 79.9. The van der Waals surface area contributed by atoms with Crippen molar-refractivity contribution in [3.8, 4) is 5.75 Å². The van der Waals surface area contributed by atoms with Crippen LogP contribution in [0.25, 0.3) is 10.8 Å². The Morgan fingerprint density at radius 3 is 2.60 bits per heavy atom. The van der Waals surface area contributed by atoms with Crippen LogP contribution in [-0.2, 0) is 4.74 Å². The fourth-order valence-electron chi connectivity index (χ4n) is 2.36. The van der Waals surface area contributed by atoms with Crippen LogP contribution >= 0.6 is 31.9 Å². The molecule has 0 radical (unpaired) electrons. The molecule has 0 atom stereocenters. The van der Waals surface area contributed by atoms with Crippen LogP contribution in [0.2, 0.25) is 0 Å². The first-order valence-corrected chi connectivity index (χ1v) is 9.21. The highest BCUT2D eigenvalue weighted by molar-refractivity contribution is 9.11. The van der Waals surface area contributed by atoms with Gasteiger partial charge in [-0.05, 0) is 45.6 Å². The van der Waals surface area contributed by atoms with Gasteiger partial charge in [0.2, 0.25) is 0 Å². The summed E-state index contributed by atoms with van der Waals surface area (Å²) in [5.74, 6) is 0.696. The van der Waals surface area contributed by atoms with Crippen LogP contribution in [0.5, 0.6) is 5.75 Å². The van der Waals surface area contributed by atoms with Crippen molar-refractivity contribution in [3.05, 3.63) is 69.6 Å². The minimum absolute atomic E-state index is 0.152. The average Bonchev–Trinajstić information content (AvgIpc) is 2.60. The molecule has 1 N–H and O–H groups in total. The maximum Gasteiger partial charge on any atom is 0.411 e. The molecule has 0 saturated heterocycles. The third kappa shape index (κ3) is 4.74. The maximum atomic E-state index is 12.0. The van der Waals surface area contributed by atoms with E-state index in [1.54, 1.807) is 0 Å². The number of carbonyl (C=O) groups excluding carboxylic acids is 1. The van der Waals surface area contributed by atoms with Crippen LogP contribution in [0, 0.1) is 0 Å². The van der Waals surface area contributed by atoms with E-state index in [2.05, 4.69) is 37.2 Å². The number of nitrogens with one attached hydrogen (secondary N) is 1. The van der Waals surface area contributed by atoms with Crippen LogP contribution in [0.4, 0.5) is 10.5 Å². The fraction of sp³-hybridized carbons (Fsp3) is 0.105. The Hall–Kier alpha value is -2.05. The minimum Gasteiger partial charge on any atom is -0.489 e. The van der Waals surface area contributed by atoms with Crippen molar-refractivity contribution >= 4 is 54.4 Å². The molecule has 25 heavy (non-hydrogen) atoms. The van der Waals surface area contributed by atoms with E-state index in [-0.39, 0.29) is 13.2 Å². The summed E-state index contributed by atoms with van der Waals surface area (Å²) in [5, 5.41) is 4.80. The average molecular weight is 465 g/mol. The van der Waals surface area contributed by atoms with E-state index in [9.17, 15) is 4.79 Å². The molecule has 0 bridgehead atoms. The Labute approximate surface area is 162 Å². The van der Waals surface area contributed by atoms with Crippen LogP contribution in [0.15, 0.2) is 69.6 Å². The topological polar surface area (TPSA) is 47.6 Å². The summed E-state index contributed by atoms with van der Waals surface area (Å²) in [6.07, 6.45) is -0.505. The first kappa shape index (κ1) is 17.8. The van der Waals surface area contributed by atoms with Crippen molar-refractivity contribution in [3.63, 3.8) is 0 Å². The number of amides is 1. The molecule has 0 fully saturated rings. The molecule has 0 aliphatic carbocycles. The maximum absolute atomic E-state index is 12.0. The zero-order valence-corrected chi connectivity index (χ0v) is 16.3. The number of hydrogen-bond donors (Lipinski definition) is 1. The van der Waals surface area contributed by atoms with Crippen molar-refractivity contribution in [2.24, 2.45) is 0 Å². The second kappa shape index (κ2) is 8.36. The first-order valence-electron chi connectivity index (χ1n) is 7.63. The zero-order chi connectivity index (χ0) is 17.6. The second-order valence-electron chi connectivity index (χ2n) is 5.21. The smallest absolute Gasteiger partial charge is 0.411 e. The highest BCUT2D eigenvalue weighted by Gasteiger charge is 2.07. The summed E-state index contributed by atoms with van der Waals surface area (Å²) >= 11 is 6.80. The van der Waals surface area contributed by atoms with E-state index in [4.69, 9.17) is 9.47 Å². The van der Waals surface area contributed by atoms with Gasteiger partial charge >= 0.3 is 6.09 Å². The SMILES string of the molecule is O=C(Nc1cccc2ccccc12)OCCOc1ccc(Br)cc1Br. The van der Waals surface area contributed by atoms with Gasteiger partial charge in [-0.15, -0.1) is 0 Å². The van der Waals surface area contributed by atoms with Crippen molar-refractivity contribution in [2.45, 2.75) is 0 Å². The summed E-state index contributed by atoms with van der Waals surface area (Å²) in [4.78, 5) is 12.0. The summed E-state index contributed by atoms with van der Waals surface area (Å²) in [7, 11) is 0. The quantitative estimate of drug-likeness (QED) is 0.471. The number of halogens is 2. The van der Waals surface area contributed by atoms with Gasteiger partial charge in [0.1, 0.15) is 19.0 Å². The van der Waals surface area contributed by atoms with E-state index in [1.807, 2.05) is 60.7 Å². The molecule has 4 nitrogen and oxygen atoms in total. The molecule has 3 aromatic rings. The van der Waals surface area contributed by atoms with Crippen molar-refractivity contribution in [2.75, 3.05) is 18.5 Å². The Bertz CT molecular complexity index is 893. The number of rotatable bonds is 5. The minimum atomic E-state index is -0.505. The van der Waals surface area contributed by atoms with Gasteiger partial charge in [0, 0.05) is 9.86 Å². The first-order chi connectivity index (χ1) is 12.1. The third-order valence-electron chi connectivity index (χ3n) is 3.49. The third-order valence-corrected chi connectivity index (χ3v) is 4.61. The fourth-order valence-corrected chi connectivity index (χ4v) is 3.52. The Kier molecular flexibility index (Phi) is 5.94. The molecule has 6 heteroatoms.